The minimum Gasteiger partial charge on any atom is -0.496 e. The Morgan fingerprint density at radius 1 is 1.25 bits per heavy atom. The van der Waals surface area contributed by atoms with Crippen molar-refractivity contribution in [3.8, 4) is 16.9 Å². The van der Waals surface area contributed by atoms with Crippen LogP contribution in [0.4, 0.5) is 0 Å². The van der Waals surface area contributed by atoms with Crippen molar-refractivity contribution < 1.29 is 14.6 Å². The zero-order chi connectivity index (χ0) is 21.1. The smallest absolute Gasteiger partial charge is 0.250 e. The van der Waals surface area contributed by atoms with Crippen molar-refractivity contribution in [1.82, 2.24) is 4.98 Å². The average molecular weight is 404 g/mol. The molecule has 28 heavy (non-hydrogen) atoms. The maximum atomic E-state index is 11.6. The average Bonchev–Trinajstić information content (AvgIpc) is 3.11. The Balaban J connectivity index is 0.00000136. The van der Waals surface area contributed by atoms with Gasteiger partial charge in [-0.05, 0) is 30.8 Å². The second kappa shape index (κ2) is 8.65. The molecule has 0 atom stereocenters. The maximum Gasteiger partial charge on any atom is 0.250 e. The number of aliphatic hydroxyl groups is 1. The van der Waals surface area contributed by atoms with E-state index < -0.39 is 11.3 Å². The number of fused-ring (bicyclic) bond motifs is 1. The first-order valence-electron chi connectivity index (χ1n) is 8.76. The van der Waals surface area contributed by atoms with Crippen molar-refractivity contribution in [1.29, 1.82) is 0 Å². The fourth-order valence-corrected chi connectivity index (χ4v) is 3.34. The van der Waals surface area contributed by atoms with Gasteiger partial charge in [0.1, 0.15) is 5.75 Å². The second-order valence-electron chi connectivity index (χ2n) is 6.90. The lowest BCUT2D eigenvalue weighted by molar-refractivity contribution is 0.100. The summed E-state index contributed by atoms with van der Waals surface area (Å²) in [5, 5.41) is 10.9. The van der Waals surface area contributed by atoms with Crippen LogP contribution in [0.3, 0.4) is 0 Å². The molecule has 0 bridgehead atoms. The minimum atomic E-state index is -0.498. The van der Waals surface area contributed by atoms with Crippen LogP contribution in [0.1, 0.15) is 29.8 Å². The van der Waals surface area contributed by atoms with Gasteiger partial charge in [0, 0.05) is 33.6 Å². The molecule has 0 aliphatic heterocycles. The first kappa shape index (κ1) is 21.8. The predicted octanol–water partition coefficient (Wildman–Crippen LogP) is 3.44. The van der Waals surface area contributed by atoms with Gasteiger partial charge in [-0.3, -0.25) is 4.79 Å². The Labute approximate surface area is 169 Å². The Bertz CT molecular complexity index is 996. The molecule has 0 unspecified atom stereocenters. The molecule has 0 aliphatic carbocycles. The molecule has 0 fully saturated rings. The monoisotopic (exact) mass is 403 g/mol. The zero-order valence-electron chi connectivity index (χ0n) is 16.5. The molecular formula is C21H26ClN3O3. The summed E-state index contributed by atoms with van der Waals surface area (Å²) < 4.78 is 5.54. The molecule has 1 heterocycles. The SMILES string of the molecule is CN.COc1cc(-c2cc3c(C(N)=O)c[nH]c3cc2Cl)ccc1C(C)(C)CO. The molecule has 150 valence electrons. The van der Waals surface area contributed by atoms with Crippen LogP contribution in [0.5, 0.6) is 5.75 Å². The number of amides is 1. The molecular weight excluding hydrogens is 378 g/mol. The van der Waals surface area contributed by atoms with Gasteiger partial charge >= 0.3 is 0 Å². The Kier molecular flexibility index (Phi) is 6.72. The highest BCUT2D eigenvalue weighted by Gasteiger charge is 2.24. The van der Waals surface area contributed by atoms with E-state index in [0.29, 0.717) is 16.3 Å². The molecule has 0 radical (unpaired) electrons. The van der Waals surface area contributed by atoms with Crippen LogP contribution in [0.25, 0.3) is 22.0 Å². The number of aromatic amines is 1. The molecule has 0 spiro atoms. The minimum absolute atomic E-state index is 0.000738. The summed E-state index contributed by atoms with van der Waals surface area (Å²) in [6, 6.07) is 9.36. The summed E-state index contributed by atoms with van der Waals surface area (Å²) >= 11 is 6.46. The third-order valence-corrected chi connectivity index (χ3v) is 4.98. The lowest BCUT2D eigenvalue weighted by atomic mass is 9.84. The van der Waals surface area contributed by atoms with Gasteiger partial charge < -0.3 is 26.3 Å². The van der Waals surface area contributed by atoms with Crippen LogP contribution < -0.4 is 16.2 Å². The topological polar surface area (TPSA) is 114 Å². The van der Waals surface area contributed by atoms with E-state index >= 15 is 0 Å². The summed E-state index contributed by atoms with van der Waals surface area (Å²) in [5.74, 6) is 0.170. The molecule has 3 rings (SSSR count). The molecule has 6 nitrogen and oxygen atoms in total. The van der Waals surface area contributed by atoms with E-state index in [9.17, 15) is 9.90 Å². The van der Waals surface area contributed by atoms with Crippen molar-refractivity contribution in [2.75, 3.05) is 20.8 Å². The van der Waals surface area contributed by atoms with Crippen molar-refractivity contribution in [2.24, 2.45) is 11.5 Å². The maximum absolute atomic E-state index is 11.6. The number of rotatable bonds is 5. The predicted molar refractivity (Wildman–Crippen MR) is 114 cm³/mol. The normalized spacial score (nSPS) is 11.1. The molecule has 0 aliphatic rings. The first-order valence-corrected chi connectivity index (χ1v) is 9.14. The quantitative estimate of drug-likeness (QED) is 0.522. The number of benzene rings is 2. The summed E-state index contributed by atoms with van der Waals surface area (Å²) in [5.41, 5.74) is 13.2. The number of aromatic nitrogens is 1. The third-order valence-electron chi connectivity index (χ3n) is 4.67. The Morgan fingerprint density at radius 2 is 1.93 bits per heavy atom. The summed E-state index contributed by atoms with van der Waals surface area (Å²) in [4.78, 5) is 14.6. The fourth-order valence-electron chi connectivity index (χ4n) is 3.07. The van der Waals surface area contributed by atoms with Gasteiger partial charge in [0.2, 0.25) is 0 Å². The van der Waals surface area contributed by atoms with E-state index in [-0.39, 0.29) is 6.61 Å². The van der Waals surface area contributed by atoms with Gasteiger partial charge in [0.05, 0.1) is 24.3 Å². The van der Waals surface area contributed by atoms with Crippen LogP contribution >= 0.6 is 11.6 Å². The first-order chi connectivity index (χ1) is 13.3. The number of aliphatic hydroxyl groups excluding tert-OH is 1. The van der Waals surface area contributed by atoms with Crippen LogP contribution in [-0.2, 0) is 5.41 Å². The third kappa shape index (κ3) is 3.99. The standard InChI is InChI=1S/C20H21ClN2O3.CH5N/c1-20(2,10-24)15-5-4-11(6-18(15)26-3)12-7-13-14(19(22)25)9-23-17(13)8-16(12)21;1-2/h4-9,23-24H,10H2,1-3H3,(H2,22,25);2H2,1H3. The van der Waals surface area contributed by atoms with Gasteiger partial charge in [-0.15, -0.1) is 0 Å². The molecule has 1 aromatic heterocycles. The summed E-state index contributed by atoms with van der Waals surface area (Å²) in [6.45, 7) is 3.89. The number of nitrogens with two attached hydrogens (primary N) is 2. The van der Waals surface area contributed by atoms with E-state index in [0.717, 1.165) is 27.6 Å². The van der Waals surface area contributed by atoms with Gasteiger partial charge in [-0.25, -0.2) is 0 Å². The number of hydrogen-bond acceptors (Lipinski definition) is 4. The van der Waals surface area contributed by atoms with Crippen LogP contribution in [0.2, 0.25) is 5.02 Å². The van der Waals surface area contributed by atoms with Gasteiger partial charge in [-0.1, -0.05) is 37.6 Å². The zero-order valence-corrected chi connectivity index (χ0v) is 17.2. The van der Waals surface area contributed by atoms with E-state index in [2.05, 4.69) is 10.7 Å². The number of carbonyl (C=O) groups is 1. The number of primary amides is 1. The van der Waals surface area contributed by atoms with E-state index in [1.54, 1.807) is 19.4 Å². The van der Waals surface area contributed by atoms with Crippen molar-refractivity contribution in [2.45, 2.75) is 19.3 Å². The number of hydrogen-bond donors (Lipinski definition) is 4. The highest BCUT2D eigenvalue weighted by molar-refractivity contribution is 6.34. The van der Waals surface area contributed by atoms with Gasteiger partial charge in [-0.2, -0.15) is 0 Å². The van der Waals surface area contributed by atoms with E-state index in [1.165, 1.54) is 7.05 Å². The van der Waals surface area contributed by atoms with Crippen molar-refractivity contribution in [3.05, 3.63) is 52.7 Å². The second-order valence-corrected chi connectivity index (χ2v) is 7.31. The van der Waals surface area contributed by atoms with Gasteiger partial charge in [0.15, 0.2) is 0 Å². The van der Waals surface area contributed by atoms with Gasteiger partial charge in [0.25, 0.3) is 5.91 Å². The lowest BCUT2D eigenvalue weighted by Gasteiger charge is -2.25. The van der Waals surface area contributed by atoms with Crippen molar-refractivity contribution in [3.63, 3.8) is 0 Å². The number of methoxy groups -OCH3 is 1. The molecule has 3 aromatic rings. The Morgan fingerprint density at radius 3 is 2.50 bits per heavy atom. The molecule has 2 aromatic carbocycles. The van der Waals surface area contributed by atoms with Crippen LogP contribution in [0.15, 0.2) is 36.5 Å². The van der Waals surface area contributed by atoms with Crippen LogP contribution in [-0.4, -0.2) is 36.8 Å². The summed E-state index contributed by atoms with van der Waals surface area (Å²) in [6.07, 6.45) is 1.58. The summed E-state index contributed by atoms with van der Waals surface area (Å²) in [7, 11) is 3.10. The fraction of sp³-hybridized carbons (Fsp3) is 0.286. The lowest BCUT2D eigenvalue weighted by Crippen LogP contribution is -2.22. The molecule has 0 saturated carbocycles. The molecule has 7 heteroatoms. The Hall–Kier alpha value is -2.54. The number of nitrogens with one attached hydrogen (secondary N) is 1. The highest BCUT2D eigenvalue weighted by atomic mass is 35.5. The number of carbonyl (C=O) groups excluding carboxylic acids is 1. The highest BCUT2D eigenvalue weighted by Crippen LogP contribution is 2.38. The number of H-pyrrole nitrogens is 1. The number of ether oxygens (including phenoxy) is 1. The van der Waals surface area contributed by atoms with Crippen molar-refractivity contribution >= 4 is 28.4 Å². The van der Waals surface area contributed by atoms with E-state index in [1.807, 2.05) is 38.1 Å². The number of halogens is 1. The van der Waals surface area contributed by atoms with E-state index in [4.69, 9.17) is 22.1 Å². The largest absolute Gasteiger partial charge is 0.496 e. The molecule has 6 N–H and O–H groups in total. The van der Waals surface area contributed by atoms with Crippen LogP contribution in [0, 0.1) is 0 Å². The molecule has 1 amide bonds. The molecule has 0 saturated heterocycles.